The average Bonchev–Trinajstić information content (AvgIpc) is 3.31. The minimum absolute atomic E-state index is 0.313. The van der Waals surface area contributed by atoms with E-state index in [4.69, 9.17) is 4.74 Å². The lowest BCUT2D eigenvalue weighted by Gasteiger charge is -2.19. The van der Waals surface area contributed by atoms with E-state index in [1.807, 2.05) is 42.1 Å². The van der Waals surface area contributed by atoms with Crippen molar-refractivity contribution >= 4 is 16.8 Å². The number of nitrogens with zero attached hydrogens (tertiary/aromatic N) is 2. The smallest absolute Gasteiger partial charge is 0.268 e. The number of halogens is 1. The van der Waals surface area contributed by atoms with Gasteiger partial charge < -0.3 is 19.6 Å². The Bertz CT molecular complexity index is 1150. The summed E-state index contributed by atoms with van der Waals surface area (Å²) in [6, 6.07) is 13.0. The summed E-state index contributed by atoms with van der Waals surface area (Å²) in [5.41, 5.74) is 1.88. The molecule has 7 heteroatoms. The summed E-state index contributed by atoms with van der Waals surface area (Å²) in [6.45, 7) is 0. The predicted molar refractivity (Wildman–Crippen MR) is 104 cm³/mol. The zero-order chi connectivity index (χ0) is 19.7. The number of carbonyl (C=O) groups is 1. The standard InChI is InChI=1S/C21H19FN4O2/c1-26-9-8-23-20(26)19(13-4-3-5-16(11-13)28-2)25-21(27)18-12-14-10-15(22)6-7-17(14)24-18/h3-12,19,24H,1-2H3,(H,25,27). The van der Waals surface area contributed by atoms with Crippen LogP contribution in [0.5, 0.6) is 5.75 Å². The Morgan fingerprint density at radius 1 is 1.25 bits per heavy atom. The summed E-state index contributed by atoms with van der Waals surface area (Å²) in [6.07, 6.45) is 3.50. The van der Waals surface area contributed by atoms with Crippen LogP contribution in [0.3, 0.4) is 0 Å². The number of carbonyl (C=O) groups excluding carboxylic acids is 1. The molecular formula is C21H19FN4O2. The largest absolute Gasteiger partial charge is 0.497 e. The highest BCUT2D eigenvalue weighted by Gasteiger charge is 2.22. The molecule has 6 nitrogen and oxygen atoms in total. The van der Waals surface area contributed by atoms with Crippen molar-refractivity contribution in [3.63, 3.8) is 0 Å². The van der Waals surface area contributed by atoms with Crippen molar-refractivity contribution in [2.45, 2.75) is 6.04 Å². The highest BCUT2D eigenvalue weighted by atomic mass is 19.1. The maximum atomic E-state index is 13.4. The molecule has 2 aromatic carbocycles. The van der Waals surface area contributed by atoms with Gasteiger partial charge in [-0.15, -0.1) is 0 Å². The highest BCUT2D eigenvalue weighted by molar-refractivity contribution is 5.98. The molecule has 2 aromatic heterocycles. The van der Waals surface area contributed by atoms with Crippen LogP contribution in [-0.4, -0.2) is 27.6 Å². The Kier molecular flexibility index (Phi) is 4.57. The van der Waals surface area contributed by atoms with E-state index >= 15 is 0 Å². The number of aromatic amines is 1. The van der Waals surface area contributed by atoms with Crippen LogP contribution < -0.4 is 10.1 Å². The van der Waals surface area contributed by atoms with E-state index in [0.717, 1.165) is 5.56 Å². The number of aryl methyl sites for hydroxylation is 1. The molecule has 2 N–H and O–H groups in total. The summed E-state index contributed by atoms with van der Waals surface area (Å²) < 4.78 is 20.6. The van der Waals surface area contributed by atoms with Crippen LogP contribution in [0.15, 0.2) is 60.9 Å². The molecule has 4 aromatic rings. The van der Waals surface area contributed by atoms with Crippen LogP contribution in [0, 0.1) is 5.82 Å². The van der Waals surface area contributed by atoms with Crippen molar-refractivity contribution in [3.8, 4) is 5.75 Å². The van der Waals surface area contributed by atoms with Crippen LogP contribution in [0.2, 0.25) is 0 Å². The van der Waals surface area contributed by atoms with E-state index in [-0.39, 0.29) is 11.7 Å². The number of nitrogens with one attached hydrogen (secondary N) is 2. The number of benzene rings is 2. The van der Waals surface area contributed by atoms with Gasteiger partial charge in [-0.2, -0.15) is 0 Å². The SMILES string of the molecule is COc1cccc(C(NC(=O)c2cc3cc(F)ccc3[nH]2)c2nccn2C)c1. The van der Waals surface area contributed by atoms with Crippen molar-refractivity contribution in [2.24, 2.45) is 7.05 Å². The van der Waals surface area contributed by atoms with Crippen molar-refractivity contribution in [3.05, 3.63) is 83.8 Å². The molecule has 1 atom stereocenters. The second-order valence-electron chi connectivity index (χ2n) is 6.49. The van der Waals surface area contributed by atoms with Crippen LogP contribution >= 0.6 is 0 Å². The summed E-state index contributed by atoms with van der Waals surface area (Å²) in [7, 11) is 3.46. The fourth-order valence-electron chi connectivity index (χ4n) is 3.21. The zero-order valence-corrected chi connectivity index (χ0v) is 15.4. The molecule has 142 valence electrons. The molecule has 0 aliphatic rings. The first kappa shape index (κ1) is 17.8. The minimum Gasteiger partial charge on any atom is -0.497 e. The molecule has 0 spiro atoms. The molecule has 0 aliphatic carbocycles. The molecule has 28 heavy (non-hydrogen) atoms. The number of aromatic nitrogens is 3. The third-order valence-electron chi connectivity index (χ3n) is 4.65. The first-order valence-corrected chi connectivity index (χ1v) is 8.75. The van der Waals surface area contributed by atoms with Gasteiger partial charge in [-0.05, 0) is 42.0 Å². The molecule has 0 saturated heterocycles. The Hall–Kier alpha value is -3.61. The van der Waals surface area contributed by atoms with Gasteiger partial charge in [0.1, 0.15) is 29.1 Å². The number of hydrogen-bond acceptors (Lipinski definition) is 3. The molecule has 1 unspecified atom stereocenters. The highest BCUT2D eigenvalue weighted by Crippen LogP contribution is 2.25. The fourth-order valence-corrected chi connectivity index (χ4v) is 3.21. The van der Waals surface area contributed by atoms with Gasteiger partial charge in [0.2, 0.25) is 0 Å². The predicted octanol–water partition coefficient (Wildman–Crippen LogP) is 3.57. The first-order valence-electron chi connectivity index (χ1n) is 8.75. The summed E-state index contributed by atoms with van der Waals surface area (Å²) in [4.78, 5) is 20.4. The van der Waals surface area contributed by atoms with Crippen LogP contribution in [-0.2, 0) is 7.05 Å². The van der Waals surface area contributed by atoms with E-state index in [2.05, 4.69) is 15.3 Å². The summed E-state index contributed by atoms with van der Waals surface area (Å²) in [5.74, 6) is 0.712. The number of fused-ring (bicyclic) bond motifs is 1. The van der Waals surface area contributed by atoms with Crippen LogP contribution in [0.25, 0.3) is 10.9 Å². The van der Waals surface area contributed by atoms with E-state index in [9.17, 15) is 9.18 Å². The molecule has 1 amide bonds. The molecule has 2 heterocycles. The number of amides is 1. The Morgan fingerprint density at radius 2 is 2.11 bits per heavy atom. The topological polar surface area (TPSA) is 71.9 Å². The van der Waals surface area contributed by atoms with Crippen LogP contribution in [0.4, 0.5) is 4.39 Å². The quantitative estimate of drug-likeness (QED) is 0.558. The zero-order valence-electron chi connectivity index (χ0n) is 15.4. The number of methoxy groups -OCH3 is 1. The summed E-state index contributed by atoms with van der Waals surface area (Å²) in [5, 5.41) is 3.66. The van der Waals surface area contributed by atoms with E-state index < -0.39 is 6.04 Å². The van der Waals surface area contributed by atoms with Gasteiger partial charge in [0.15, 0.2) is 0 Å². The van der Waals surface area contributed by atoms with Gasteiger partial charge >= 0.3 is 0 Å². The lowest BCUT2D eigenvalue weighted by molar-refractivity contribution is 0.0937. The summed E-state index contributed by atoms with van der Waals surface area (Å²) >= 11 is 0. The van der Waals surface area contributed by atoms with E-state index in [0.29, 0.717) is 28.2 Å². The lowest BCUT2D eigenvalue weighted by Crippen LogP contribution is -2.31. The Balaban J connectivity index is 1.70. The monoisotopic (exact) mass is 378 g/mol. The number of ether oxygens (including phenoxy) is 1. The molecule has 4 rings (SSSR count). The van der Waals surface area contributed by atoms with Gasteiger partial charge in [-0.25, -0.2) is 9.37 Å². The number of imidazole rings is 1. The maximum absolute atomic E-state index is 13.4. The average molecular weight is 378 g/mol. The molecule has 0 radical (unpaired) electrons. The lowest BCUT2D eigenvalue weighted by atomic mass is 10.1. The second-order valence-corrected chi connectivity index (χ2v) is 6.49. The maximum Gasteiger partial charge on any atom is 0.268 e. The molecule has 0 bridgehead atoms. The second kappa shape index (κ2) is 7.19. The molecule has 0 fully saturated rings. The molecule has 0 aliphatic heterocycles. The first-order chi connectivity index (χ1) is 13.5. The Morgan fingerprint density at radius 3 is 2.86 bits per heavy atom. The number of hydrogen-bond donors (Lipinski definition) is 2. The number of H-pyrrole nitrogens is 1. The van der Waals surface area contributed by atoms with Gasteiger partial charge in [0, 0.05) is 30.3 Å². The third-order valence-corrected chi connectivity index (χ3v) is 4.65. The molecular weight excluding hydrogens is 359 g/mol. The molecule has 0 saturated carbocycles. The van der Waals surface area contributed by atoms with E-state index in [1.54, 1.807) is 25.4 Å². The van der Waals surface area contributed by atoms with Crippen molar-refractivity contribution < 1.29 is 13.9 Å². The third kappa shape index (κ3) is 3.34. The minimum atomic E-state index is -0.481. The van der Waals surface area contributed by atoms with Gasteiger partial charge in [0.05, 0.1) is 7.11 Å². The van der Waals surface area contributed by atoms with Crippen molar-refractivity contribution in [2.75, 3.05) is 7.11 Å². The normalized spacial score (nSPS) is 12.1. The van der Waals surface area contributed by atoms with E-state index in [1.165, 1.54) is 12.1 Å². The number of rotatable bonds is 5. The van der Waals surface area contributed by atoms with Crippen molar-refractivity contribution in [1.29, 1.82) is 0 Å². The van der Waals surface area contributed by atoms with Gasteiger partial charge in [-0.3, -0.25) is 4.79 Å². The van der Waals surface area contributed by atoms with Gasteiger partial charge in [-0.1, -0.05) is 12.1 Å². The van der Waals surface area contributed by atoms with Crippen molar-refractivity contribution in [1.82, 2.24) is 19.9 Å². The Labute approximate surface area is 161 Å². The fraction of sp³-hybridized carbons (Fsp3) is 0.143. The van der Waals surface area contributed by atoms with Crippen LogP contribution in [0.1, 0.15) is 27.9 Å². The van der Waals surface area contributed by atoms with Gasteiger partial charge in [0.25, 0.3) is 5.91 Å².